The molecule has 0 fully saturated rings. The highest BCUT2D eigenvalue weighted by atomic mass is 32.2. The molecule has 0 saturated carbocycles. The Morgan fingerprint density at radius 1 is 1.35 bits per heavy atom. The van der Waals surface area contributed by atoms with Crippen LogP contribution in [0.2, 0.25) is 0 Å². The number of hydrogen-bond donors (Lipinski definition) is 1. The first-order valence-corrected chi connectivity index (χ1v) is 7.82. The Bertz CT molecular complexity index is 334. The number of rotatable bonds is 8. The maximum Gasteiger partial charge on any atom is 0.0641 e. The molecule has 0 atom stereocenters. The lowest BCUT2D eigenvalue weighted by molar-refractivity contribution is 0.584. The zero-order valence-electron chi connectivity index (χ0n) is 11.5. The Morgan fingerprint density at radius 3 is 2.76 bits per heavy atom. The minimum absolute atomic E-state index is 0.952. The van der Waals surface area contributed by atoms with E-state index in [9.17, 15) is 0 Å². The molecule has 0 aliphatic heterocycles. The highest BCUT2D eigenvalue weighted by molar-refractivity contribution is 7.98. The van der Waals surface area contributed by atoms with E-state index in [0.29, 0.717) is 0 Å². The van der Waals surface area contributed by atoms with Crippen LogP contribution in [0.5, 0.6) is 0 Å². The lowest BCUT2D eigenvalue weighted by Crippen LogP contribution is -2.15. The van der Waals surface area contributed by atoms with E-state index in [1.165, 1.54) is 35.5 Å². The molecule has 0 bridgehead atoms. The van der Waals surface area contributed by atoms with Gasteiger partial charge < -0.3 is 5.32 Å². The maximum absolute atomic E-state index is 4.63. The van der Waals surface area contributed by atoms with Crippen molar-refractivity contribution in [3.63, 3.8) is 0 Å². The van der Waals surface area contributed by atoms with Crippen molar-refractivity contribution in [1.29, 1.82) is 0 Å². The van der Waals surface area contributed by atoms with Gasteiger partial charge in [0.15, 0.2) is 0 Å². The quantitative estimate of drug-likeness (QED) is 0.724. The maximum atomic E-state index is 4.63. The highest BCUT2D eigenvalue weighted by Gasteiger charge is 2.10. The van der Waals surface area contributed by atoms with Gasteiger partial charge in [0.25, 0.3) is 0 Å². The minimum Gasteiger partial charge on any atom is -0.313 e. The fourth-order valence-corrected chi connectivity index (χ4v) is 2.37. The van der Waals surface area contributed by atoms with Crippen molar-refractivity contribution in [2.75, 3.05) is 18.6 Å². The van der Waals surface area contributed by atoms with Gasteiger partial charge in [0.05, 0.1) is 5.69 Å². The number of aryl methyl sites for hydroxylation is 2. The number of thioether (sulfide) groups is 1. The Labute approximate surface area is 109 Å². The second-order valence-electron chi connectivity index (χ2n) is 4.40. The summed E-state index contributed by atoms with van der Waals surface area (Å²) in [5.41, 5.74) is 3.88. The number of hydrogen-bond acceptors (Lipinski definition) is 3. The van der Waals surface area contributed by atoms with Crippen LogP contribution in [0, 0.1) is 13.8 Å². The summed E-state index contributed by atoms with van der Waals surface area (Å²) < 4.78 is 2.16. The molecule has 0 amide bonds. The lowest BCUT2D eigenvalue weighted by atomic mass is 10.2. The van der Waals surface area contributed by atoms with Crippen molar-refractivity contribution < 1.29 is 0 Å². The van der Waals surface area contributed by atoms with Gasteiger partial charge in [0, 0.05) is 24.3 Å². The summed E-state index contributed by atoms with van der Waals surface area (Å²) >= 11 is 1.90. The van der Waals surface area contributed by atoms with E-state index in [-0.39, 0.29) is 0 Å². The van der Waals surface area contributed by atoms with Crippen molar-refractivity contribution in [3.05, 3.63) is 17.0 Å². The topological polar surface area (TPSA) is 29.9 Å². The third-order valence-corrected chi connectivity index (χ3v) is 3.68. The fraction of sp³-hybridized carbons (Fsp3) is 0.769. The smallest absolute Gasteiger partial charge is 0.0641 e. The van der Waals surface area contributed by atoms with Gasteiger partial charge in [-0.25, -0.2) is 0 Å². The molecule has 0 aliphatic carbocycles. The molecule has 0 unspecified atom stereocenters. The molecule has 1 rings (SSSR count). The minimum atomic E-state index is 0.952. The van der Waals surface area contributed by atoms with E-state index in [1.807, 2.05) is 11.8 Å². The fourth-order valence-electron chi connectivity index (χ4n) is 1.96. The predicted octanol–water partition coefficient (Wildman–Crippen LogP) is 2.75. The molecule has 1 heterocycles. The first-order valence-electron chi connectivity index (χ1n) is 6.43. The average Bonchev–Trinajstić information content (AvgIpc) is 2.57. The molecular formula is C13H25N3S. The Balaban J connectivity index is 2.58. The largest absolute Gasteiger partial charge is 0.313 e. The molecule has 17 heavy (non-hydrogen) atoms. The van der Waals surface area contributed by atoms with Crippen molar-refractivity contribution in [3.8, 4) is 0 Å². The van der Waals surface area contributed by atoms with Crippen LogP contribution in [0.15, 0.2) is 0 Å². The first-order chi connectivity index (χ1) is 8.20. The summed E-state index contributed by atoms with van der Waals surface area (Å²) in [6.07, 6.45) is 4.53. The van der Waals surface area contributed by atoms with Crippen molar-refractivity contribution >= 4 is 11.8 Å². The van der Waals surface area contributed by atoms with Crippen LogP contribution in [-0.4, -0.2) is 28.3 Å². The van der Waals surface area contributed by atoms with Crippen LogP contribution in [0.1, 0.15) is 36.7 Å². The van der Waals surface area contributed by atoms with Crippen molar-refractivity contribution in [1.82, 2.24) is 15.1 Å². The third kappa shape index (κ3) is 4.36. The molecule has 0 aliphatic rings. The van der Waals surface area contributed by atoms with Gasteiger partial charge in [-0.15, -0.1) is 0 Å². The second kappa shape index (κ2) is 7.77. The number of nitrogens with one attached hydrogen (secondary N) is 1. The van der Waals surface area contributed by atoms with Gasteiger partial charge in [-0.05, 0) is 45.2 Å². The Hall–Kier alpha value is -0.480. The highest BCUT2D eigenvalue weighted by Crippen LogP contribution is 2.13. The third-order valence-electron chi connectivity index (χ3n) is 2.98. The van der Waals surface area contributed by atoms with E-state index >= 15 is 0 Å². The van der Waals surface area contributed by atoms with E-state index in [1.54, 1.807) is 0 Å². The predicted molar refractivity (Wildman–Crippen MR) is 76.7 cm³/mol. The van der Waals surface area contributed by atoms with E-state index in [4.69, 9.17) is 0 Å². The molecule has 1 N–H and O–H groups in total. The lowest BCUT2D eigenvalue weighted by Gasteiger charge is -2.06. The Kier molecular flexibility index (Phi) is 6.66. The van der Waals surface area contributed by atoms with Crippen molar-refractivity contribution in [2.45, 2.75) is 46.7 Å². The van der Waals surface area contributed by atoms with Gasteiger partial charge in [0.1, 0.15) is 0 Å². The summed E-state index contributed by atoms with van der Waals surface area (Å²) in [6, 6.07) is 0. The van der Waals surface area contributed by atoms with Crippen LogP contribution >= 0.6 is 11.8 Å². The molecular weight excluding hydrogens is 230 g/mol. The standard InChI is InChI=1S/C13H25N3S/c1-5-7-14-10-13-11(2)15-16(12(13)3)8-6-9-17-4/h14H,5-10H2,1-4H3. The van der Waals surface area contributed by atoms with Gasteiger partial charge in [-0.2, -0.15) is 16.9 Å². The summed E-state index contributed by atoms with van der Waals surface area (Å²) in [4.78, 5) is 0. The zero-order valence-corrected chi connectivity index (χ0v) is 12.4. The first kappa shape index (κ1) is 14.6. The molecule has 4 heteroatoms. The normalized spacial score (nSPS) is 11.1. The van der Waals surface area contributed by atoms with E-state index in [0.717, 1.165) is 19.6 Å². The van der Waals surface area contributed by atoms with Crippen molar-refractivity contribution in [2.24, 2.45) is 0 Å². The molecule has 1 aromatic heterocycles. The summed E-state index contributed by atoms with van der Waals surface area (Å²) in [5.74, 6) is 1.21. The molecule has 0 saturated heterocycles. The molecule has 0 spiro atoms. The number of aromatic nitrogens is 2. The van der Waals surface area contributed by atoms with Gasteiger partial charge in [-0.3, -0.25) is 4.68 Å². The van der Waals surface area contributed by atoms with Gasteiger partial charge >= 0.3 is 0 Å². The second-order valence-corrected chi connectivity index (χ2v) is 5.38. The molecule has 0 aromatic carbocycles. The van der Waals surface area contributed by atoms with Crippen LogP contribution in [0.4, 0.5) is 0 Å². The van der Waals surface area contributed by atoms with Gasteiger partial charge in [0.2, 0.25) is 0 Å². The van der Waals surface area contributed by atoms with E-state index in [2.05, 4.69) is 42.1 Å². The summed E-state index contributed by atoms with van der Waals surface area (Å²) in [5, 5.41) is 8.08. The average molecular weight is 255 g/mol. The van der Waals surface area contributed by atoms with Crippen LogP contribution < -0.4 is 5.32 Å². The van der Waals surface area contributed by atoms with Crippen LogP contribution in [0.3, 0.4) is 0 Å². The summed E-state index contributed by atoms with van der Waals surface area (Å²) in [6.45, 7) is 9.56. The SMILES string of the molecule is CCCNCc1c(C)nn(CCCSC)c1C. The number of nitrogens with zero attached hydrogens (tertiary/aromatic N) is 2. The monoisotopic (exact) mass is 255 g/mol. The molecule has 3 nitrogen and oxygen atoms in total. The molecule has 0 radical (unpaired) electrons. The Morgan fingerprint density at radius 2 is 2.12 bits per heavy atom. The summed E-state index contributed by atoms with van der Waals surface area (Å²) in [7, 11) is 0. The van der Waals surface area contributed by atoms with Crippen LogP contribution in [-0.2, 0) is 13.1 Å². The van der Waals surface area contributed by atoms with E-state index < -0.39 is 0 Å². The molecule has 98 valence electrons. The molecule has 1 aromatic rings. The van der Waals surface area contributed by atoms with Gasteiger partial charge in [-0.1, -0.05) is 6.92 Å². The van der Waals surface area contributed by atoms with Crippen LogP contribution in [0.25, 0.3) is 0 Å². The zero-order chi connectivity index (χ0) is 12.7.